The van der Waals surface area contributed by atoms with E-state index in [1.54, 1.807) is 6.21 Å². The second-order valence-electron chi connectivity index (χ2n) is 5.43. The molecule has 0 saturated carbocycles. The molecule has 110 valence electrons. The number of carbonyl (C=O) groups excluding carboxylic acids is 1. The molecule has 0 aliphatic heterocycles. The number of hydrogen-bond acceptors (Lipinski definition) is 2. The van der Waals surface area contributed by atoms with Crippen molar-refractivity contribution in [3.8, 4) is 0 Å². The Morgan fingerprint density at radius 1 is 1.20 bits per heavy atom. The molecule has 1 N–H and O–H groups in total. The van der Waals surface area contributed by atoms with E-state index in [0.717, 1.165) is 18.4 Å². The van der Waals surface area contributed by atoms with Gasteiger partial charge in [-0.1, -0.05) is 64.3 Å². The Morgan fingerprint density at radius 3 is 2.50 bits per heavy atom. The van der Waals surface area contributed by atoms with Gasteiger partial charge < -0.3 is 0 Å². The monoisotopic (exact) mass is 274 g/mol. The molecule has 1 amide bonds. The highest BCUT2D eigenvalue weighted by Crippen LogP contribution is 2.13. The number of benzene rings is 1. The molecule has 0 bridgehead atoms. The van der Waals surface area contributed by atoms with Crippen LogP contribution in [0, 0.1) is 0 Å². The predicted molar refractivity (Wildman–Crippen MR) is 85.0 cm³/mol. The van der Waals surface area contributed by atoms with Gasteiger partial charge in [-0.15, -0.1) is 0 Å². The number of amides is 1. The first kappa shape index (κ1) is 16.4. The second kappa shape index (κ2) is 9.29. The van der Waals surface area contributed by atoms with Gasteiger partial charge in [-0.2, -0.15) is 5.10 Å². The first-order chi connectivity index (χ1) is 9.63. The van der Waals surface area contributed by atoms with Crippen LogP contribution in [0.4, 0.5) is 0 Å². The van der Waals surface area contributed by atoms with Crippen molar-refractivity contribution < 1.29 is 4.79 Å². The van der Waals surface area contributed by atoms with Gasteiger partial charge in [0.05, 0.1) is 6.21 Å². The lowest BCUT2D eigenvalue weighted by molar-refractivity contribution is -0.121. The lowest BCUT2D eigenvalue weighted by Crippen LogP contribution is -2.16. The zero-order chi connectivity index (χ0) is 14.8. The summed E-state index contributed by atoms with van der Waals surface area (Å²) in [6, 6.07) is 8.23. The molecule has 0 radical (unpaired) electrons. The van der Waals surface area contributed by atoms with E-state index in [2.05, 4.69) is 43.4 Å². The van der Waals surface area contributed by atoms with Crippen LogP contribution >= 0.6 is 0 Å². The minimum Gasteiger partial charge on any atom is -0.273 e. The van der Waals surface area contributed by atoms with E-state index >= 15 is 0 Å². The molecule has 3 heteroatoms. The van der Waals surface area contributed by atoms with E-state index in [0.29, 0.717) is 12.3 Å². The standard InChI is InChI=1S/C17H26N2O/c1-4-5-6-7-8-17(20)19-18-13-15-9-11-16(12-10-15)14(2)3/h9-14H,4-8H2,1-3H3,(H,19,20). The molecule has 1 rings (SSSR count). The molecule has 0 heterocycles. The number of rotatable bonds is 8. The molecule has 0 saturated heterocycles. The highest BCUT2D eigenvalue weighted by atomic mass is 16.2. The molecule has 0 aliphatic carbocycles. The number of nitrogens with one attached hydrogen (secondary N) is 1. The summed E-state index contributed by atoms with van der Waals surface area (Å²) in [5, 5.41) is 3.99. The minimum absolute atomic E-state index is 0.00356. The van der Waals surface area contributed by atoms with Gasteiger partial charge in [-0.3, -0.25) is 4.79 Å². The van der Waals surface area contributed by atoms with Crippen molar-refractivity contribution in [1.82, 2.24) is 5.43 Å². The quantitative estimate of drug-likeness (QED) is 0.430. The summed E-state index contributed by atoms with van der Waals surface area (Å²) in [6.45, 7) is 6.50. The largest absolute Gasteiger partial charge is 0.273 e. The third-order valence-electron chi connectivity index (χ3n) is 3.26. The van der Waals surface area contributed by atoms with Gasteiger partial charge in [0.25, 0.3) is 0 Å². The summed E-state index contributed by atoms with van der Waals surface area (Å²) in [6.07, 6.45) is 6.69. The van der Waals surface area contributed by atoms with Gasteiger partial charge in [-0.05, 0) is 23.5 Å². The molecule has 0 atom stereocenters. The van der Waals surface area contributed by atoms with Crippen LogP contribution in [0.15, 0.2) is 29.4 Å². The molecule has 3 nitrogen and oxygen atoms in total. The zero-order valence-electron chi connectivity index (χ0n) is 12.9. The van der Waals surface area contributed by atoms with E-state index < -0.39 is 0 Å². The predicted octanol–water partition coefficient (Wildman–Crippen LogP) is 4.23. The van der Waals surface area contributed by atoms with Crippen LogP contribution in [0.5, 0.6) is 0 Å². The summed E-state index contributed by atoms with van der Waals surface area (Å²) in [4.78, 5) is 11.5. The highest BCUT2D eigenvalue weighted by molar-refractivity contribution is 5.82. The average molecular weight is 274 g/mol. The van der Waals surface area contributed by atoms with Crippen molar-refractivity contribution in [2.24, 2.45) is 5.10 Å². The maximum atomic E-state index is 11.5. The van der Waals surface area contributed by atoms with Gasteiger partial charge in [0.15, 0.2) is 0 Å². The summed E-state index contributed by atoms with van der Waals surface area (Å²) < 4.78 is 0. The number of unbranched alkanes of at least 4 members (excludes halogenated alkanes) is 3. The first-order valence-electron chi connectivity index (χ1n) is 7.55. The van der Waals surface area contributed by atoms with E-state index in [-0.39, 0.29) is 5.91 Å². The van der Waals surface area contributed by atoms with Crippen LogP contribution in [0.2, 0.25) is 0 Å². The molecule has 1 aromatic carbocycles. The molecule has 0 aromatic heterocycles. The number of hydrogen-bond donors (Lipinski definition) is 1. The molecule has 0 fully saturated rings. The molecular weight excluding hydrogens is 248 g/mol. The van der Waals surface area contributed by atoms with Crippen LogP contribution in [-0.4, -0.2) is 12.1 Å². The maximum absolute atomic E-state index is 11.5. The SMILES string of the molecule is CCCCCCC(=O)NN=Cc1ccc(C(C)C)cc1. The van der Waals surface area contributed by atoms with Crippen molar-refractivity contribution in [2.75, 3.05) is 0 Å². The Kier molecular flexibility index (Phi) is 7.63. The Hall–Kier alpha value is -1.64. The van der Waals surface area contributed by atoms with Crippen molar-refractivity contribution in [3.05, 3.63) is 35.4 Å². The summed E-state index contributed by atoms with van der Waals surface area (Å²) in [7, 11) is 0. The summed E-state index contributed by atoms with van der Waals surface area (Å²) in [5.41, 5.74) is 4.88. The maximum Gasteiger partial charge on any atom is 0.240 e. The minimum atomic E-state index is -0.00356. The molecule has 0 unspecified atom stereocenters. The number of hydrazone groups is 1. The third kappa shape index (κ3) is 6.50. The molecule has 0 spiro atoms. The summed E-state index contributed by atoms with van der Waals surface area (Å²) in [5.74, 6) is 0.528. The topological polar surface area (TPSA) is 41.5 Å². The summed E-state index contributed by atoms with van der Waals surface area (Å²) >= 11 is 0. The fourth-order valence-electron chi connectivity index (χ4n) is 1.91. The van der Waals surface area contributed by atoms with Crippen LogP contribution < -0.4 is 5.43 Å². The van der Waals surface area contributed by atoms with Crippen LogP contribution in [0.3, 0.4) is 0 Å². The van der Waals surface area contributed by atoms with Gasteiger partial charge in [0, 0.05) is 6.42 Å². The van der Waals surface area contributed by atoms with Crippen LogP contribution in [0.25, 0.3) is 0 Å². The van der Waals surface area contributed by atoms with E-state index in [1.165, 1.54) is 18.4 Å². The van der Waals surface area contributed by atoms with Crippen molar-refractivity contribution in [1.29, 1.82) is 0 Å². The van der Waals surface area contributed by atoms with Gasteiger partial charge in [0.2, 0.25) is 5.91 Å². The molecule has 20 heavy (non-hydrogen) atoms. The fraction of sp³-hybridized carbons (Fsp3) is 0.529. The van der Waals surface area contributed by atoms with E-state index in [1.807, 2.05) is 12.1 Å². The van der Waals surface area contributed by atoms with Gasteiger partial charge in [-0.25, -0.2) is 5.43 Å². The Balaban J connectivity index is 2.31. The third-order valence-corrected chi connectivity index (χ3v) is 3.26. The lowest BCUT2D eigenvalue weighted by Gasteiger charge is -2.04. The average Bonchev–Trinajstić information content (AvgIpc) is 2.44. The normalized spacial score (nSPS) is 11.2. The number of nitrogens with zero attached hydrogens (tertiary/aromatic N) is 1. The fourth-order valence-corrected chi connectivity index (χ4v) is 1.91. The van der Waals surface area contributed by atoms with Crippen molar-refractivity contribution in [3.63, 3.8) is 0 Å². The Bertz CT molecular complexity index is 421. The Morgan fingerprint density at radius 2 is 1.90 bits per heavy atom. The van der Waals surface area contributed by atoms with Crippen LogP contribution in [0.1, 0.15) is 69.9 Å². The smallest absolute Gasteiger partial charge is 0.240 e. The van der Waals surface area contributed by atoms with E-state index in [9.17, 15) is 4.79 Å². The first-order valence-corrected chi connectivity index (χ1v) is 7.55. The zero-order valence-corrected chi connectivity index (χ0v) is 12.9. The van der Waals surface area contributed by atoms with Crippen molar-refractivity contribution >= 4 is 12.1 Å². The lowest BCUT2D eigenvalue weighted by atomic mass is 10.0. The van der Waals surface area contributed by atoms with E-state index in [4.69, 9.17) is 0 Å². The molecule has 0 aliphatic rings. The van der Waals surface area contributed by atoms with Crippen LogP contribution in [-0.2, 0) is 4.79 Å². The number of carbonyl (C=O) groups is 1. The molecule has 1 aromatic rings. The molecular formula is C17H26N2O. The van der Waals surface area contributed by atoms with Gasteiger partial charge >= 0.3 is 0 Å². The van der Waals surface area contributed by atoms with Gasteiger partial charge in [0.1, 0.15) is 0 Å². The Labute approximate surface area is 122 Å². The second-order valence-corrected chi connectivity index (χ2v) is 5.43. The highest BCUT2D eigenvalue weighted by Gasteiger charge is 1.99. The van der Waals surface area contributed by atoms with Crippen molar-refractivity contribution in [2.45, 2.75) is 58.8 Å².